The van der Waals surface area contributed by atoms with E-state index in [9.17, 15) is 4.79 Å². The summed E-state index contributed by atoms with van der Waals surface area (Å²) in [4.78, 5) is 12.0. The third-order valence-electron chi connectivity index (χ3n) is 3.15. The number of nitrogens with two attached hydrogens (primary N) is 1. The quantitative estimate of drug-likeness (QED) is 0.857. The second-order valence-corrected chi connectivity index (χ2v) is 6.35. The van der Waals surface area contributed by atoms with Crippen LogP contribution in [0, 0.1) is 0 Å². The summed E-state index contributed by atoms with van der Waals surface area (Å²) in [5, 5.41) is 0. The van der Waals surface area contributed by atoms with Gasteiger partial charge in [0.2, 0.25) is 0 Å². The van der Waals surface area contributed by atoms with E-state index in [4.69, 9.17) is 15.2 Å². The summed E-state index contributed by atoms with van der Waals surface area (Å²) in [6.45, 7) is 5.95. The first kappa shape index (κ1) is 17.0. The molecule has 0 aliphatic rings. The van der Waals surface area contributed by atoms with Crippen LogP contribution in [0.15, 0.2) is 54.6 Å². The molecule has 4 heteroatoms. The highest BCUT2D eigenvalue weighted by molar-refractivity contribution is 5.77. The molecular weight excluding hydrogens is 290 g/mol. The van der Waals surface area contributed by atoms with Gasteiger partial charge in [0.05, 0.1) is 0 Å². The van der Waals surface area contributed by atoms with Gasteiger partial charge in [0.1, 0.15) is 24.0 Å². The van der Waals surface area contributed by atoms with Gasteiger partial charge in [-0.15, -0.1) is 0 Å². The van der Waals surface area contributed by atoms with Gasteiger partial charge in [-0.2, -0.15) is 0 Å². The van der Waals surface area contributed by atoms with Crippen LogP contribution in [0.4, 0.5) is 0 Å². The van der Waals surface area contributed by atoms with Gasteiger partial charge in [-0.1, -0.05) is 42.5 Å². The molecule has 0 spiro atoms. The molecule has 1 atom stereocenters. The maximum Gasteiger partial charge on any atom is 0.328 e. The Hall–Kier alpha value is -2.33. The van der Waals surface area contributed by atoms with Crippen molar-refractivity contribution < 1.29 is 14.3 Å². The second kappa shape index (κ2) is 7.29. The minimum Gasteiger partial charge on any atom is -0.489 e. The van der Waals surface area contributed by atoms with Gasteiger partial charge in [0.15, 0.2) is 0 Å². The zero-order valence-corrected chi connectivity index (χ0v) is 13.8. The van der Waals surface area contributed by atoms with Crippen LogP contribution in [0.2, 0.25) is 0 Å². The Morgan fingerprint density at radius 2 is 1.65 bits per heavy atom. The largest absolute Gasteiger partial charge is 0.489 e. The lowest BCUT2D eigenvalue weighted by Gasteiger charge is -2.22. The molecule has 1 unspecified atom stereocenters. The van der Waals surface area contributed by atoms with Crippen LogP contribution >= 0.6 is 0 Å². The summed E-state index contributed by atoms with van der Waals surface area (Å²) in [7, 11) is 0. The number of rotatable bonds is 5. The molecule has 0 fully saturated rings. The van der Waals surface area contributed by atoms with E-state index < -0.39 is 17.6 Å². The predicted octanol–water partition coefficient (Wildman–Crippen LogP) is 3.61. The predicted molar refractivity (Wildman–Crippen MR) is 90.0 cm³/mol. The highest BCUT2D eigenvalue weighted by atomic mass is 16.6. The fraction of sp³-hybridized carbons (Fsp3) is 0.316. The molecule has 2 aromatic rings. The smallest absolute Gasteiger partial charge is 0.328 e. The third-order valence-corrected chi connectivity index (χ3v) is 3.15. The molecule has 0 aliphatic heterocycles. The number of hydrogen-bond acceptors (Lipinski definition) is 4. The van der Waals surface area contributed by atoms with Crippen LogP contribution < -0.4 is 10.5 Å². The number of esters is 1. The van der Waals surface area contributed by atoms with Crippen LogP contribution in [0.25, 0.3) is 0 Å². The number of carbonyl (C=O) groups is 1. The molecule has 2 rings (SSSR count). The molecule has 0 saturated heterocycles. The maximum atomic E-state index is 12.0. The standard InChI is InChI=1S/C19H23NO3/c1-19(2,3)23-18(21)17(20)15-9-11-16(12-10-15)22-13-14-7-5-4-6-8-14/h4-12,17H,13,20H2,1-3H3. The van der Waals surface area contributed by atoms with E-state index in [0.29, 0.717) is 12.2 Å². The minimum atomic E-state index is -0.794. The minimum absolute atomic E-state index is 0.435. The van der Waals surface area contributed by atoms with Crippen molar-refractivity contribution in [1.82, 2.24) is 0 Å². The van der Waals surface area contributed by atoms with Crippen molar-refractivity contribution in [3.8, 4) is 5.75 Å². The SMILES string of the molecule is CC(C)(C)OC(=O)C(N)c1ccc(OCc2ccccc2)cc1. The Morgan fingerprint density at radius 3 is 2.22 bits per heavy atom. The summed E-state index contributed by atoms with van der Waals surface area (Å²) in [5.41, 5.74) is 7.20. The monoisotopic (exact) mass is 313 g/mol. The number of hydrogen-bond donors (Lipinski definition) is 1. The van der Waals surface area contributed by atoms with E-state index in [-0.39, 0.29) is 0 Å². The Labute approximate surface area is 137 Å². The zero-order chi connectivity index (χ0) is 16.9. The first-order valence-electron chi connectivity index (χ1n) is 7.60. The molecule has 2 aromatic carbocycles. The average Bonchev–Trinajstić information content (AvgIpc) is 2.52. The summed E-state index contributed by atoms with van der Waals surface area (Å²) in [5.74, 6) is 0.296. The van der Waals surface area contributed by atoms with Crippen LogP contribution in [0.5, 0.6) is 5.75 Å². The molecule has 0 radical (unpaired) electrons. The van der Waals surface area contributed by atoms with Gasteiger partial charge in [0.25, 0.3) is 0 Å². The van der Waals surface area contributed by atoms with Crippen LogP contribution in [-0.2, 0) is 16.1 Å². The fourth-order valence-corrected chi connectivity index (χ4v) is 2.01. The molecule has 0 amide bonds. The summed E-state index contributed by atoms with van der Waals surface area (Å²) in [6, 6.07) is 16.3. The normalized spacial score (nSPS) is 12.5. The van der Waals surface area contributed by atoms with Crippen molar-refractivity contribution in [2.75, 3.05) is 0 Å². The van der Waals surface area contributed by atoms with Gasteiger partial charge in [0, 0.05) is 0 Å². The van der Waals surface area contributed by atoms with E-state index in [2.05, 4.69) is 0 Å². The molecule has 0 bridgehead atoms. The first-order valence-corrected chi connectivity index (χ1v) is 7.60. The lowest BCUT2D eigenvalue weighted by Crippen LogP contribution is -2.31. The van der Waals surface area contributed by atoms with Crippen molar-refractivity contribution in [2.45, 2.75) is 39.0 Å². The van der Waals surface area contributed by atoms with Crippen LogP contribution in [-0.4, -0.2) is 11.6 Å². The van der Waals surface area contributed by atoms with Gasteiger partial charge < -0.3 is 15.2 Å². The zero-order valence-electron chi connectivity index (χ0n) is 13.8. The van der Waals surface area contributed by atoms with Gasteiger partial charge >= 0.3 is 5.97 Å². The maximum absolute atomic E-state index is 12.0. The van der Waals surface area contributed by atoms with Crippen molar-refractivity contribution >= 4 is 5.97 Å². The Balaban J connectivity index is 1.95. The highest BCUT2D eigenvalue weighted by Gasteiger charge is 2.23. The van der Waals surface area contributed by atoms with E-state index in [1.54, 1.807) is 12.1 Å². The highest BCUT2D eigenvalue weighted by Crippen LogP contribution is 2.20. The molecule has 0 heterocycles. The number of benzene rings is 2. The molecule has 0 aromatic heterocycles. The topological polar surface area (TPSA) is 61.5 Å². The Kier molecular flexibility index (Phi) is 5.40. The van der Waals surface area contributed by atoms with Gasteiger partial charge in [-0.25, -0.2) is 4.79 Å². The van der Waals surface area contributed by atoms with Crippen molar-refractivity contribution in [1.29, 1.82) is 0 Å². The Morgan fingerprint density at radius 1 is 1.04 bits per heavy atom. The summed E-state index contributed by atoms with van der Waals surface area (Å²) < 4.78 is 11.0. The van der Waals surface area contributed by atoms with E-state index in [0.717, 1.165) is 11.3 Å². The summed E-state index contributed by atoms with van der Waals surface area (Å²) in [6.07, 6.45) is 0. The molecule has 122 valence electrons. The molecule has 23 heavy (non-hydrogen) atoms. The molecule has 0 aliphatic carbocycles. The lowest BCUT2D eigenvalue weighted by molar-refractivity contribution is -0.156. The van der Waals surface area contributed by atoms with Crippen LogP contribution in [0.3, 0.4) is 0 Å². The lowest BCUT2D eigenvalue weighted by atomic mass is 10.1. The molecule has 2 N–H and O–H groups in total. The van der Waals surface area contributed by atoms with E-state index in [1.807, 2.05) is 63.2 Å². The van der Waals surface area contributed by atoms with Crippen molar-refractivity contribution in [2.24, 2.45) is 5.73 Å². The Bertz CT molecular complexity index is 630. The van der Waals surface area contributed by atoms with Crippen LogP contribution in [0.1, 0.15) is 37.9 Å². The number of ether oxygens (including phenoxy) is 2. The number of carbonyl (C=O) groups excluding carboxylic acids is 1. The van der Waals surface area contributed by atoms with E-state index >= 15 is 0 Å². The first-order chi connectivity index (χ1) is 10.8. The van der Waals surface area contributed by atoms with Crippen molar-refractivity contribution in [3.05, 3.63) is 65.7 Å². The molecule has 0 saturated carbocycles. The average molecular weight is 313 g/mol. The molecule has 4 nitrogen and oxygen atoms in total. The molecular formula is C19H23NO3. The van der Waals surface area contributed by atoms with Gasteiger partial charge in [-0.05, 0) is 44.0 Å². The van der Waals surface area contributed by atoms with Crippen molar-refractivity contribution in [3.63, 3.8) is 0 Å². The van der Waals surface area contributed by atoms with E-state index in [1.165, 1.54) is 0 Å². The fourth-order valence-electron chi connectivity index (χ4n) is 2.01. The third kappa shape index (κ3) is 5.42. The van der Waals surface area contributed by atoms with Gasteiger partial charge in [-0.3, -0.25) is 0 Å². The second-order valence-electron chi connectivity index (χ2n) is 6.35. The summed E-state index contributed by atoms with van der Waals surface area (Å²) >= 11 is 0.